The Balaban J connectivity index is 1.33. The number of aromatic nitrogens is 3. The van der Waals surface area contributed by atoms with Gasteiger partial charge in [-0.25, -0.2) is 4.98 Å². The van der Waals surface area contributed by atoms with Gasteiger partial charge in [0.05, 0.1) is 24.6 Å². The topological polar surface area (TPSA) is 64.2 Å². The van der Waals surface area contributed by atoms with Crippen molar-refractivity contribution in [3.05, 3.63) is 60.7 Å². The van der Waals surface area contributed by atoms with Crippen molar-refractivity contribution in [3.8, 4) is 11.3 Å². The highest BCUT2D eigenvalue weighted by molar-refractivity contribution is 5.78. The van der Waals surface area contributed by atoms with Crippen molar-refractivity contribution in [1.82, 2.24) is 19.4 Å². The van der Waals surface area contributed by atoms with Gasteiger partial charge in [-0.3, -0.25) is 9.78 Å². The lowest BCUT2D eigenvalue weighted by atomic mass is 9.86. The molecule has 1 saturated heterocycles. The minimum absolute atomic E-state index is 0.110. The maximum atomic E-state index is 12.6. The largest absolute Gasteiger partial charge is 0.469 e. The Kier molecular flexibility index (Phi) is 3.45. The molecule has 3 aromatic heterocycles. The van der Waals surface area contributed by atoms with E-state index in [2.05, 4.69) is 20.6 Å². The Labute approximate surface area is 151 Å². The number of amides is 1. The van der Waals surface area contributed by atoms with E-state index < -0.39 is 0 Å². The summed E-state index contributed by atoms with van der Waals surface area (Å²) < 4.78 is 7.62. The van der Waals surface area contributed by atoms with Crippen molar-refractivity contribution in [1.29, 1.82) is 0 Å². The van der Waals surface area contributed by atoms with Gasteiger partial charge in [-0.05, 0) is 30.7 Å². The Morgan fingerprint density at radius 1 is 1.23 bits per heavy atom. The molecule has 0 aliphatic carbocycles. The zero-order valence-corrected chi connectivity index (χ0v) is 14.5. The molecular weight excluding hydrogens is 328 g/mol. The molecule has 2 aliphatic heterocycles. The van der Waals surface area contributed by atoms with Gasteiger partial charge in [-0.15, -0.1) is 0 Å². The van der Waals surface area contributed by atoms with Gasteiger partial charge < -0.3 is 13.9 Å². The molecule has 0 bridgehead atoms. The summed E-state index contributed by atoms with van der Waals surface area (Å²) in [5.74, 6) is 1.99. The molecule has 0 radical (unpaired) electrons. The fourth-order valence-electron chi connectivity index (χ4n) is 4.30. The van der Waals surface area contributed by atoms with Gasteiger partial charge in [-0.1, -0.05) is 0 Å². The maximum Gasteiger partial charge on any atom is 0.230 e. The van der Waals surface area contributed by atoms with Gasteiger partial charge in [-0.2, -0.15) is 0 Å². The molecule has 1 spiro atoms. The number of fused-ring (bicyclic) bond motifs is 1. The third-order valence-corrected chi connectivity index (χ3v) is 5.62. The molecule has 1 unspecified atom stereocenters. The van der Waals surface area contributed by atoms with Crippen molar-refractivity contribution >= 4 is 5.91 Å². The molecule has 0 saturated carbocycles. The van der Waals surface area contributed by atoms with Gasteiger partial charge in [0.25, 0.3) is 0 Å². The molecule has 3 aromatic rings. The second-order valence-corrected chi connectivity index (χ2v) is 7.39. The van der Waals surface area contributed by atoms with Gasteiger partial charge in [0.2, 0.25) is 5.91 Å². The summed E-state index contributed by atoms with van der Waals surface area (Å²) in [6, 6.07) is 7.69. The molecular formula is C20H20N4O2. The van der Waals surface area contributed by atoms with Crippen LogP contribution in [-0.4, -0.2) is 38.4 Å². The first-order valence-corrected chi connectivity index (χ1v) is 8.97. The minimum Gasteiger partial charge on any atom is -0.469 e. The molecule has 5 rings (SSSR count). The van der Waals surface area contributed by atoms with Crippen LogP contribution in [-0.2, 0) is 24.2 Å². The molecule has 132 valence electrons. The fraction of sp³-hybridized carbons (Fsp3) is 0.350. The summed E-state index contributed by atoms with van der Waals surface area (Å²) >= 11 is 0. The van der Waals surface area contributed by atoms with E-state index in [1.54, 1.807) is 12.5 Å². The third-order valence-electron chi connectivity index (χ3n) is 5.62. The zero-order valence-electron chi connectivity index (χ0n) is 14.5. The van der Waals surface area contributed by atoms with Gasteiger partial charge in [0, 0.05) is 49.4 Å². The summed E-state index contributed by atoms with van der Waals surface area (Å²) in [5.41, 5.74) is 2.32. The van der Waals surface area contributed by atoms with E-state index >= 15 is 0 Å². The summed E-state index contributed by atoms with van der Waals surface area (Å²) in [6.45, 7) is 2.52. The number of imidazole rings is 1. The first-order chi connectivity index (χ1) is 12.7. The van der Waals surface area contributed by atoms with E-state index in [9.17, 15) is 4.79 Å². The molecule has 1 atom stereocenters. The summed E-state index contributed by atoms with van der Waals surface area (Å²) in [4.78, 5) is 23.4. The summed E-state index contributed by atoms with van der Waals surface area (Å²) in [6.07, 6.45) is 9.51. The lowest BCUT2D eigenvalue weighted by Crippen LogP contribution is -2.34. The Morgan fingerprint density at radius 3 is 3.00 bits per heavy atom. The molecule has 0 aromatic carbocycles. The molecule has 6 nitrogen and oxygen atoms in total. The Morgan fingerprint density at radius 2 is 2.19 bits per heavy atom. The third kappa shape index (κ3) is 2.53. The normalized spacial score (nSPS) is 21.5. The maximum absolute atomic E-state index is 12.6. The number of likely N-dealkylation sites (tertiary alicyclic amines) is 1. The number of hydrogen-bond donors (Lipinski definition) is 0. The van der Waals surface area contributed by atoms with E-state index in [1.807, 2.05) is 35.5 Å². The zero-order chi connectivity index (χ0) is 17.6. The van der Waals surface area contributed by atoms with Crippen LogP contribution < -0.4 is 0 Å². The number of rotatable bonds is 3. The molecule has 2 aliphatic rings. The van der Waals surface area contributed by atoms with Gasteiger partial charge >= 0.3 is 0 Å². The second-order valence-electron chi connectivity index (χ2n) is 7.39. The van der Waals surface area contributed by atoms with Gasteiger partial charge in [0.15, 0.2) is 0 Å². The molecule has 5 heterocycles. The quantitative estimate of drug-likeness (QED) is 0.730. The minimum atomic E-state index is 0.110. The van der Waals surface area contributed by atoms with Crippen LogP contribution in [0.2, 0.25) is 0 Å². The van der Waals surface area contributed by atoms with Crippen molar-refractivity contribution < 1.29 is 9.21 Å². The van der Waals surface area contributed by atoms with Crippen molar-refractivity contribution in [2.24, 2.45) is 5.41 Å². The molecule has 0 N–H and O–H groups in total. The number of carbonyl (C=O) groups is 1. The van der Waals surface area contributed by atoms with E-state index in [0.29, 0.717) is 6.42 Å². The highest BCUT2D eigenvalue weighted by Gasteiger charge is 2.45. The molecule has 1 fully saturated rings. The number of furan rings is 1. The summed E-state index contributed by atoms with van der Waals surface area (Å²) in [5, 5.41) is 0. The number of pyridine rings is 1. The average molecular weight is 348 g/mol. The number of carbonyl (C=O) groups excluding carboxylic acids is 1. The van der Waals surface area contributed by atoms with Crippen LogP contribution in [0.15, 0.2) is 53.5 Å². The smallest absolute Gasteiger partial charge is 0.230 e. The first-order valence-electron chi connectivity index (χ1n) is 8.97. The highest BCUT2D eigenvalue weighted by atomic mass is 16.3. The predicted molar refractivity (Wildman–Crippen MR) is 95.2 cm³/mol. The first kappa shape index (κ1) is 15.4. The Bertz CT molecular complexity index is 932. The summed E-state index contributed by atoms with van der Waals surface area (Å²) in [7, 11) is 0. The molecule has 1 amide bonds. The van der Waals surface area contributed by atoms with Crippen LogP contribution in [0, 0.1) is 5.41 Å². The van der Waals surface area contributed by atoms with E-state index in [0.717, 1.165) is 55.3 Å². The van der Waals surface area contributed by atoms with Crippen LogP contribution in [0.3, 0.4) is 0 Å². The monoisotopic (exact) mass is 348 g/mol. The Hall–Kier alpha value is -2.89. The fourth-order valence-corrected chi connectivity index (χ4v) is 4.30. The van der Waals surface area contributed by atoms with E-state index in [1.165, 1.54) is 0 Å². The van der Waals surface area contributed by atoms with E-state index in [4.69, 9.17) is 4.42 Å². The van der Waals surface area contributed by atoms with Crippen molar-refractivity contribution in [2.45, 2.75) is 25.8 Å². The number of nitrogens with zero attached hydrogens (tertiary/aromatic N) is 4. The second kappa shape index (κ2) is 5.83. The highest BCUT2D eigenvalue weighted by Crippen LogP contribution is 2.42. The van der Waals surface area contributed by atoms with Crippen LogP contribution >= 0.6 is 0 Å². The SMILES string of the molecule is O=C(Cc1ccco1)N1CCC2(Cc3ncc(-c4cccnc4)n3C2)C1. The van der Waals surface area contributed by atoms with Crippen LogP contribution in [0.5, 0.6) is 0 Å². The van der Waals surface area contributed by atoms with Crippen LogP contribution in [0.25, 0.3) is 11.3 Å². The van der Waals surface area contributed by atoms with Crippen LogP contribution in [0.4, 0.5) is 0 Å². The lowest BCUT2D eigenvalue weighted by molar-refractivity contribution is -0.130. The van der Waals surface area contributed by atoms with Crippen molar-refractivity contribution in [3.63, 3.8) is 0 Å². The van der Waals surface area contributed by atoms with Crippen LogP contribution in [0.1, 0.15) is 18.0 Å². The van der Waals surface area contributed by atoms with Gasteiger partial charge in [0.1, 0.15) is 11.6 Å². The van der Waals surface area contributed by atoms with Crippen molar-refractivity contribution in [2.75, 3.05) is 13.1 Å². The average Bonchev–Trinajstić information content (AvgIpc) is 3.42. The molecule has 6 heteroatoms. The standard InChI is InChI=1S/C20H20N4O2/c25-19(9-16-4-2-8-26-16)23-7-5-20(13-23)10-18-22-12-17(24(18)14-20)15-3-1-6-21-11-15/h1-4,6,8,11-12H,5,7,9-10,13-14H2. The number of hydrogen-bond acceptors (Lipinski definition) is 4. The predicted octanol–water partition coefficient (Wildman–Crippen LogP) is 2.56. The van der Waals surface area contributed by atoms with E-state index in [-0.39, 0.29) is 11.3 Å². The molecule has 26 heavy (non-hydrogen) atoms. The lowest BCUT2D eigenvalue weighted by Gasteiger charge is -2.23.